The van der Waals surface area contributed by atoms with Gasteiger partial charge in [0.15, 0.2) is 0 Å². The Morgan fingerprint density at radius 1 is 0.464 bits per heavy atom. The van der Waals surface area contributed by atoms with Gasteiger partial charge in [-0.3, -0.25) is 0 Å². The molecule has 0 spiro atoms. The molecule has 0 amide bonds. The lowest BCUT2D eigenvalue weighted by Crippen LogP contribution is -2.25. The zero-order chi connectivity index (χ0) is 19.8. The van der Waals surface area contributed by atoms with Gasteiger partial charge in [-0.1, -0.05) is 72.8 Å². The molecule has 0 saturated carbocycles. The smallest absolute Gasteiger partial charge is 0.00724 e. The zero-order valence-electron chi connectivity index (χ0n) is 17.4. The summed E-state index contributed by atoms with van der Waals surface area (Å²) in [6.07, 6.45) is 0. The Labute approximate surface area is 170 Å². The summed E-state index contributed by atoms with van der Waals surface area (Å²) < 4.78 is 0. The van der Waals surface area contributed by atoms with Crippen LogP contribution in [0.2, 0.25) is 0 Å². The van der Waals surface area contributed by atoms with Crippen molar-refractivity contribution in [2.75, 3.05) is 0 Å². The van der Waals surface area contributed by atoms with Gasteiger partial charge in [-0.05, 0) is 97.0 Å². The average molecular weight is 382 g/mol. The molecule has 0 nitrogen and oxygen atoms in total. The SMILES string of the molecule is Cc1cccc(P(c2ccc(C)c(C)c2C)c2cccc3ccccc23)c1C. The van der Waals surface area contributed by atoms with Gasteiger partial charge in [-0.25, -0.2) is 0 Å². The van der Waals surface area contributed by atoms with E-state index in [0.29, 0.717) is 0 Å². The maximum atomic E-state index is 2.37. The van der Waals surface area contributed by atoms with E-state index in [-0.39, 0.29) is 0 Å². The molecule has 0 aliphatic carbocycles. The van der Waals surface area contributed by atoms with Gasteiger partial charge in [0, 0.05) is 0 Å². The van der Waals surface area contributed by atoms with Gasteiger partial charge in [-0.2, -0.15) is 0 Å². The fourth-order valence-electron chi connectivity index (χ4n) is 3.95. The summed E-state index contributed by atoms with van der Waals surface area (Å²) in [6.45, 7) is 11.3. The molecule has 0 aliphatic heterocycles. The summed E-state index contributed by atoms with van der Waals surface area (Å²) in [5, 5.41) is 7.09. The minimum Gasteiger partial charge on any atom is -0.0616 e. The van der Waals surface area contributed by atoms with Gasteiger partial charge >= 0.3 is 0 Å². The normalized spacial score (nSPS) is 12.3. The van der Waals surface area contributed by atoms with Crippen molar-refractivity contribution in [3.63, 3.8) is 0 Å². The summed E-state index contributed by atoms with van der Waals surface area (Å²) in [5.41, 5.74) is 7.00. The highest BCUT2D eigenvalue weighted by Crippen LogP contribution is 2.39. The molecule has 0 bridgehead atoms. The first-order valence-electron chi connectivity index (χ1n) is 9.90. The van der Waals surface area contributed by atoms with Crippen molar-refractivity contribution in [2.24, 2.45) is 0 Å². The Balaban J connectivity index is 2.08. The van der Waals surface area contributed by atoms with E-state index >= 15 is 0 Å². The lowest BCUT2D eigenvalue weighted by atomic mass is 10.1. The van der Waals surface area contributed by atoms with Crippen LogP contribution in [0.25, 0.3) is 10.8 Å². The Kier molecular flexibility index (Phi) is 5.09. The number of hydrogen-bond acceptors (Lipinski definition) is 0. The second kappa shape index (κ2) is 7.53. The molecular weight excluding hydrogens is 355 g/mol. The summed E-state index contributed by atoms with van der Waals surface area (Å²) in [7, 11) is -0.632. The predicted octanol–water partition coefficient (Wildman–Crippen LogP) is 6.14. The molecule has 4 rings (SSSR count). The highest BCUT2D eigenvalue weighted by atomic mass is 31.1. The number of rotatable bonds is 3. The number of benzene rings is 4. The first kappa shape index (κ1) is 18.9. The van der Waals surface area contributed by atoms with Gasteiger partial charge < -0.3 is 0 Å². The van der Waals surface area contributed by atoms with Gasteiger partial charge in [0.1, 0.15) is 0 Å². The maximum absolute atomic E-state index is 2.37. The first-order chi connectivity index (χ1) is 13.5. The molecule has 0 fully saturated rings. The maximum Gasteiger partial charge on any atom is -0.00724 e. The second-order valence-corrected chi connectivity index (χ2v) is 9.82. The molecule has 4 aromatic rings. The summed E-state index contributed by atoms with van der Waals surface area (Å²) in [6, 6.07) is 27.0. The lowest BCUT2D eigenvalue weighted by Gasteiger charge is -2.26. The Morgan fingerprint density at radius 3 is 1.89 bits per heavy atom. The molecule has 1 unspecified atom stereocenters. The summed E-state index contributed by atoms with van der Waals surface area (Å²) in [4.78, 5) is 0. The summed E-state index contributed by atoms with van der Waals surface area (Å²) in [5.74, 6) is 0. The molecule has 0 aromatic heterocycles. The van der Waals surface area contributed by atoms with E-state index in [9.17, 15) is 0 Å². The van der Waals surface area contributed by atoms with E-state index < -0.39 is 7.92 Å². The molecule has 0 aliphatic rings. The molecule has 1 atom stereocenters. The Hall–Kier alpha value is -2.43. The molecule has 0 saturated heterocycles. The minimum atomic E-state index is -0.632. The van der Waals surface area contributed by atoms with Gasteiger partial charge in [0.25, 0.3) is 0 Å². The van der Waals surface area contributed by atoms with Crippen molar-refractivity contribution >= 4 is 34.6 Å². The third-order valence-electron chi connectivity index (χ3n) is 6.09. The van der Waals surface area contributed by atoms with Crippen molar-refractivity contribution in [3.05, 3.63) is 101 Å². The quantitative estimate of drug-likeness (QED) is 0.373. The van der Waals surface area contributed by atoms with Crippen molar-refractivity contribution < 1.29 is 0 Å². The largest absolute Gasteiger partial charge is 0.0616 e. The molecule has 140 valence electrons. The van der Waals surface area contributed by atoms with E-state index in [1.165, 1.54) is 54.5 Å². The Morgan fingerprint density at radius 2 is 1.07 bits per heavy atom. The number of fused-ring (bicyclic) bond motifs is 1. The van der Waals surface area contributed by atoms with Crippen molar-refractivity contribution in [3.8, 4) is 0 Å². The molecule has 0 heterocycles. The van der Waals surface area contributed by atoms with Crippen LogP contribution < -0.4 is 15.9 Å². The third-order valence-corrected chi connectivity index (χ3v) is 8.90. The fraction of sp³-hybridized carbons (Fsp3) is 0.185. The Bertz CT molecular complexity index is 1160. The third kappa shape index (κ3) is 3.17. The van der Waals surface area contributed by atoms with Crippen molar-refractivity contribution in [2.45, 2.75) is 34.6 Å². The van der Waals surface area contributed by atoms with E-state index in [0.717, 1.165) is 0 Å². The highest BCUT2D eigenvalue weighted by Gasteiger charge is 2.23. The van der Waals surface area contributed by atoms with E-state index in [4.69, 9.17) is 0 Å². The zero-order valence-corrected chi connectivity index (χ0v) is 18.3. The van der Waals surface area contributed by atoms with Gasteiger partial charge in [-0.15, -0.1) is 0 Å². The first-order valence-corrected chi connectivity index (χ1v) is 11.2. The highest BCUT2D eigenvalue weighted by molar-refractivity contribution is 7.80. The number of hydrogen-bond donors (Lipinski definition) is 0. The second-order valence-electron chi connectivity index (χ2n) is 7.70. The van der Waals surface area contributed by atoms with E-state index in [1.807, 2.05) is 0 Å². The average Bonchev–Trinajstić information content (AvgIpc) is 2.71. The molecule has 1 heteroatoms. The van der Waals surface area contributed by atoms with Gasteiger partial charge in [0.05, 0.1) is 0 Å². The molecule has 0 N–H and O–H groups in total. The standard InChI is InChI=1S/C27H27P/c1-18-10-8-14-25(21(18)4)28(26-17-16-19(2)20(3)22(26)5)27-15-9-12-23-11-6-7-13-24(23)27/h6-17H,1-5H3. The van der Waals surface area contributed by atoms with Crippen molar-refractivity contribution in [1.29, 1.82) is 0 Å². The van der Waals surface area contributed by atoms with Crippen LogP contribution in [-0.2, 0) is 0 Å². The molecular formula is C27H27P. The lowest BCUT2D eigenvalue weighted by molar-refractivity contribution is 1.28. The molecule has 4 aromatic carbocycles. The number of aryl methyl sites for hydroxylation is 2. The monoisotopic (exact) mass is 382 g/mol. The van der Waals surface area contributed by atoms with E-state index in [1.54, 1.807) is 0 Å². The van der Waals surface area contributed by atoms with Crippen molar-refractivity contribution in [1.82, 2.24) is 0 Å². The van der Waals surface area contributed by atoms with Gasteiger partial charge in [0.2, 0.25) is 0 Å². The van der Waals surface area contributed by atoms with E-state index in [2.05, 4.69) is 107 Å². The van der Waals surface area contributed by atoms with Crippen LogP contribution in [0.3, 0.4) is 0 Å². The topological polar surface area (TPSA) is 0 Å². The van der Waals surface area contributed by atoms with Crippen LogP contribution in [0.5, 0.6) is 0 Å². The molecule has 28 heavy (non-hydrogen) atoms. The van der Waals surface area contributed by atoms with Crippen LogP contribution >= 0.6 is 7.92 Å². The molecule has 0 radical (unpaired) electrons. The predicted molar refractivity (Wildman–Crippen MR) is 126 cm³/mol. The van der Waals surface area contributed by atoms with Crippen LogP contribution in [0.1, 0.15) is 27.8 Å². The van der Waals surface area contributed by atoms with Crippen LogP contribution in [0.15, 0.2) is 72.8 Å². The van der Waals surface area contributed by atoms with Crippen LogP contribution in [0.4, 0.5) is 0 Å². The summed E-state index contributed by atoms with van der Waals surface area (Å²) >= 11 is 0. The minimum absolute atomic E-state index is 0.632. The van der Waals surface area contributed by atoms with Crippen LogP contribution in [0, 0.1) is 34.6 Å². The fourth-order valence-corrected chi connectivity index (χ4v) is 6.89. The van der Waals surface area contributed by atoms with Crippen LogP contribution in [-0.4, -0.2) is 0 Å².